The zero-order chi connectivity index (χ0) is 14.5. The molecule has 1 aromatic heterocycles. The van der Waals surface area contributed by atoms with Gasteiger partial charge in [-0.3, -0.25) is 0 Å². The van der Waals surface area contributed by atoms with Gasteiger partial charge in [0.25, 0.3) is 0 Å². The maximum Gasteiger partial charge on any atom is 0.134 e. The molecule has 0 amide bonds. The summed E-state index contributed by atoms with van der Waals surface area (Å²) in [4.78, 5) is 8.63. The van der Waals surface area contributed by atoms with Crippen molar-refractivity contribution < 1.29 is 4.39 Å². The summed E-state index contributed by atoms with van der Waals surface area (Å²) in [6, 6.07) is 8.04. The smallest absolute Gasteiger partial charge is 0.134 e. The van der Waals surface area contributed by atoms with E-state index in [1.54, 1.807) is 18.2 Å². The summed E-state index contributed by atoms with van der Waals surface area (Å²) in [6.45, 7) is 4.78. The van der Waals surface area contributed by atoms with Crippen LogP contribution in [0.15, 0.2) is 30.3 Å². The van der Waals surface area contributed by atoms with Crippen molar-refractivity contribution in [3.05, 3.63) is 52.7 Å². The van der Waals surface area contributed by atoms with Gasteiger partial charge in [0, 0.05) is 19.0 Å². The molecule has 0 unspecified atom stereocenters. The highest BCUT2D eigenvalue weighted by atomic mass is 35.5. The number of anilines is 1. The predicted molar refractivity (Wildman–Crippen MR) is 79.3 cm³/mol. The molecule has 0 aliphatic rings. The van der Waals surface area contributed by atoms with Crippen LogP contribution in [-0.2, 0) is 13.0 Å². The fraction of sp³-hybridized carbons (Fsp3) is 0.333. The normalized spacial score (nSPS) is 10.8. The van der Waals surface area contributed by atoms with Gasteiger partial charge >= 0.3 is 0 Å². The summed E-state index contributed by atoms with van der Waals surface area (Å²) in [5, 5.41) is 3.60. The zero-order valence-corrected chi connectivity index (χ0v) is 12.3. The van der Waals surface area contributed by atoms with Crippen LogP contribution in [0, 0.1) is 11.7 Å². The maximum atomic E-state index is 12.8. The second kappa shape index (κ2) is 6.66. The number of nitrogens with one attached hydrogen (secondary N) is 1. The quantitative estimate of drug-likeness (QED) is 0.844. The van der Waals surface area contributed by atoms with Crippen molar-refractivity contribution >= 4 is 17.4 Å². The Hall–Kier alpha value is -1.68. The summed E-state index contributed by atoms with van der Waals surface area (Å²) in [5.41, 5.74) is 0.978. The Kier molecular flexibility index (Phi) is 4.90. The number of nitrogens with zero attached hydrogens (tertiary/aromatic N) is 2. The lowest BCUT2D eigenvalue weighted by molar-refractivity contribution is 0.621. The van der Waals surface area contributed by atoms with Crippen LogP contribution in [-0.4, -0.2) is 9.97 Å². The third-order valence-corrected chi connectivity index (χ3v) is 2.91. The van der Waals surface area contributed by atoms with E-state index in [2.05, 4.69) is 29.1 Å². The van der Waals surface area contributed by atoms with Crippen LogP contribution in [0.2, 0.25) is 5.15 Å². The molecular formula is C15H17ClFN3. The van der Waals surface area contributed by atoms with E-state index >= 15 is 0 Å². The topological polar surface area (TPSA) is 37.8 Å². The number of hydrogen-bond acceptors (Lipinski definition) is 3. The molecule has 0 saturated heterocycles. The molecule has 3 nitrogen and oxygen atoms in total. The van der Waals surface area contributed by atoms with Crippen molar-refractivity contribution in [3.8, 4) is 0 Å². The highest BCUT2D eigenvalue weighted by Crippen LogP contribution is 2.15. The molecule has 1 N–H and O–H groups in total. The SMILES string of the molecule is CC(C)Cc1nc(Cl)cc(NCc2ccc(F)cc2)n1. The van der Waals surface area contributed by atoms with Crippen LogP contribution in [0.25, 0.3) is 0 Å². The number of rotatable bonds is 5. The minimum absolute atomic E-state index is 0.238. The van der Waals surface area contributed by atoms with E-state index in [9.17, 15) is 4.39 Å². The third-order valence-electron chi connectivity index (χ3n) is 2.72. The molecule has 0 atom stereocenters. The van der Waals surface area contributed by atoms with Crippen molar-refractivity contribution in [2.45, 2.75) is 26.8 Å². The maximum absolute atomic E-state index is 12.8. The highest BCUT2D eigenvalue weighted by Gasteiger charge is 2.05. The van der Waals surface area contributed by atoms with E-state index in [4.69, 9.17) is 11.6 Å². The van der Waals surface area contributed by atoms with Crippen molar-refractivity contribution in [3.63, 3.8) is 0 Å². The van der Waals surface area contributed by atoms with E-state index < -0.39 is 0 Å². The van der Waals surface area contributed by atoms with E-state index in [0.29, 0.717) is 23.4 Å². The van der Waals surface area contributed by atoms with Crippen LogP contribution in [0.4, 0.5) is 10.2 Å². The van der Waals surface area contributed by atoms with E-state index in [1.807, 2.05) is 0 Å². The van der Waals surface area contributed by atoms with Gasteiger partial charge in [-0.1, -0.05) is 37.6 Å². The summed E-state index contributed by atoms with van der Waals surface area (Å²) in [5.74, 6) is 1.65. The van der Waals surface area contributed by atoms with Crippen LogP contribution in [0.1, 0.15) is 25.2 Å². The first kappa shape index (κ1) is 14.7. The number of hydrogen-bond donors (Lipinski definition) is 1. The lowest BCUT2D eigenvalue weighted by atomic mass is 10.1. The molecule has 0 bridgehead atoms. The molecule has 0 aliphatic carbocycles. The zero-order valence-electron chi connectivity index (χ0n) is 11.5. The Bertz CT molecular complexity index is 570. The van der Waals surface area contributed by atoms with Crippen LogP contribution < -0.4 is 5.32 Å². The van der Waals surface area contributed by atoms with Gasteiger partial charge in [0.1, 0.15) is 22.6 Å². The molecule has 106 valence electrons. The van der Waals surface area contributed by atoms with Gasteiger partial charge in [-0.2, -0.15) is 0 Å². The second-order valence-corrected chi connectivity index (χ2v) is 5.46. The van der Waals surface area contributed by atoms with Crippen molar-refractivity contribution in [1.29, 1.82) is 0 Å². The molecule has 2 rings (SSSR count). The van der Waals surface area contributed by atoms with Gasteiger partial charge < -0.3 is 5.32 Å². The largest absolute Gasteiger partial charge is 0.366 e. The fourth-order valence-corrected chi connectivity index (χ4v) is 2.01. The first-order valence-corrected chi connectivity index (χ1v) is 6.92. The van der Waals surface area contributed by atoms with Crippen molar-refractivity contribution in [1.82, 2.24) is 9.97 Å². The Labute approximate surface area is 123 Å². The number of halogens is 2. The highest BCUT2D eigenvalue weighted by molar-refractivity contribution is 6.29. The first-order valence-electron chi connectivity index (χ1n) is 6.54. The second-order valence-electron chi connectivity index (χ2n) is 5.07. The predicted octanol–water partition coefficient (Wildman–Crippen LogP) is 4.08. The summed E-state index contributed by atoms with van der Waals surface area (Å²) in [6.07, 6.45) is 0.784. The van der Waals surface area contributed by atoms with E-state index in [0.717, 1.165) is 17.8 Å². The summed E-state index contributed by atoms with van der Waals surface area (Å²) >= 11 is 6.00. The molecule has 0 saturated carbocycles. The molecule has 5 heteroatoms. The number of aromatic nitrogens is 2. The lowest BCUT2D eigenvalue weighted by Crippen LogP contribution is -2.06. The molecule has 0 radical (unpaired) electrons. The summed E-state index contributed by atoms with van der Waals surface area (Å²) in [7, 11) is 0. The van der Waals surface area contributed by atoms with Gasteiger partial charge in [0.05, 0.1) is 0 Å². The standard InChI is InChI=1S/C15H17ClFN3/c1-10(2)7-15-19-13(16)8-14(20-15)18-9-11-3-5-12(17)6-4-11/h3-6,8,10H,7,9H2,1-2H3,(H,18,19,20). The molecule has 2 aromatic rings. The van der Waals surface area contributed by atoms with Crippen LogP contribution in [0.3, 0.4) is 0 Å². The fourth-order valence-electron chi connectivity index (χ4n) is 1.81. The molecule has 1 heterocycles. The van der Waals surface area contributed by atoms with Crippen LogP contribution in [0.5, 0.6) is 0 Å². The lowest BCUT2D eigenvalue weighted by Gasteiger charge is -2.09. The molecule has 1 aromatic carbocycles. The number of benzene rings is 1. The Morgan fingerprint density at radius 2 is 1.90 bits per heavy atom. The molecule has 0 aliphatic heterocycles. The summed E-state index contributed by atoms with van der Waals surface area (Å²) < 4.78 is 12.8. The van der Waals surface area contributed by atoms with Gasteiger partial charge in [-0.25, -0.2) is 14.4 Å². The van der Waals surface area contributed by atoms with Gasteiger partial charge in [0.15, 0.2) is 0 Å². The van der Waals surface area contributed by atoms with Gasteiger partial charge in [-0.15, -0.1) is 0 Å². The van der Waals surface area contributed by atoms with Crippen molar-refractivity contribution in [2.24, 2.45) is 5.92 Å². The Balaban J connectivity index is 2.05. The monoisotopic (exact) mass is 293 g/mol. The average Bonchev–Trinajstić information content (AvgIpc) is 2.36. The molecule has 0 spiro atoms. The van der Waals surface area contributed by atoms with Crippen molar-refractivity contribution in [2.75, 3.05) is 5.32 Å². The minimum Gasteiger partial charge on any atom is -0.366 e. The Morgan fingerprint density at radius 1 is 1.20 bits per heavy atom. The van der Waals surface area contributed by atoms with E-state index in [1.165, 1.54) is 12.1 Å². The molecular weight excluding hydrogens is 277 g/mol. The first-order chi connectivity index (χ1) is 9.52. The molecule has 20 heavy (non-hydrogen) atoms. The van der Waals surface area contributed by atoms with E-state index in [-0.39, 0.29) is 5.82 Å². The van der Waals surface area contributed by atoms with Gasteiger partial charge in [0.2, 0.25) is 0 Å². The average molecular weight is 294 g/mol. The van der Waals surface area contributed by atoms with Gasteiger partial charge in [-0.05, 0) is 23.6 Å². The minimum atomic E-state index is -0.238. The third kappa shape index (κ3) is 4.46. The van der Waals surface area contributed by atoms with Crippen LogP contribution >= 0.6 is 11.6 Å². The molecule has 0 fully saturated rings. The Morgan fingerprint density at radius 3 is 2.55 bits per heavy atom.